The third-order valence-corrected chi connectivity index (χ3v) is 5.84. The first-order valence-corrected chi connectivity index (χ1v) is 10.7. The van der Waals surface area contributed by atoms with Crippen molar-refractivity contribution in [3.05, 3.63) is 35.4 Å². The van der Waals surface area contributed by atoms with Crippen molar-refractivity contribution in [2.45, 2.75) is 90.4 Å². The first kappa shape index (κ1) is 21.5. The summed E-state index contributed by atoms with van der Waals surface area (Å²) in [5.41, 5.74) is 7.33. The van der Waals surface area contributed by atoms with Gasteiger partial charge in [0, 0.05) is 6.42 Å². The molecule has 27 heavy (non-hydrogen) atoms. The van der Waals surface area contributed by atoms with Crippen molar-refractivity contribution in [1.82, 2.24) is 0 Å². The Labute approximate surface area is 164 Å². The molecule has 0 aliphatic heterocycles. The fraction of sp³-hybridized carbons (Fsp3) is 0.652. The van der Waals surface area contributed by atoms with Crippen LogP contribution >= 0.6 is 0 Å². The number of Topliss-reactive ketones (excluding diaryl/α,β-unsaturated/α-hetero) is 1. The van der Waals surface area contributed by atoms with E-state index in [4.69, 9.17) is 10.9 Å². The van der Waals surface area contributed by atoms with Gasteiger partial charge >= 0.3 is 0 Å². The van der Waals surface area contributed by atoms with E-state index < -0.39 is 5.41 Å². The first-order chi connectivity index (χ1) is 13.1. The van der Waals surface area contributed by atoms with E-state index >= 15 is 0 Å². The molecule has 1 aromatic rings. The fourth-order valence-corrected chi connectivity index (χ4v) is 3.72. The molecule has 0 atom stereocenters. The molecule has 0 bridgehead atoms. The average Bonchev–Trinajstić information content (AvgIpc) is 3.49. The van der Waals surface area contributed by atoms with Crippen LogP contribution in [0.4, 0.5) is 0 Å². The van der Waals surface area contributed by atoms with E-state index in [9.17, 15) is 4.79 Å². The van der Waals surface area contributed by atoms with Gasteiger partial charge in [-0.2, -0.15) is 0 Å². The summed E-state index contributed by atoms with van der Waals surface area (Å²) in [5, 5.41) is 11.9. The van der Waals surface area contributed by atoms with Crippen molar-refractivity contribution < 1.29 is 10.0 Å². The molecule has 2 rings (SSSR count). The largest absolute Gasteiger partial charge is 0.409 e. The molecule has 0 amide bonds. The second kappa shape index (κ2) is 11.1. The van der Waals surface area contributed by atoms with E-state index in [1.165, 1.54) is 63.4 Å². The number of oxime groups is 1. The fourth-order valence-electron chi connectivity index (χ4n) is 3.72. The number of nitrogens with two attached hydrogens (primary N) is 1. The predicted molar refractivity (Wildman–Crippen MR) is 111 cm³/mol. The van der Waals surface area contributed by atoms with Gasteiger partial charge in [-0.05, 0) is 36.8 Å². The molecule has 0 radical (unpaired) electrons. The Morgan fingerprint density at radius 1 is 0.963 bits per heavy atom. The Kier molecular flexibility index (Phi) is 8.83. The van der Waals surface area contributed by atoms with Gasteiger partial charge in [0.2, 0.25) is 0 Å². The van der Waals surface area contributed by atoms with Crippen molar-refractivity contribution in [2.75, 3.05) is 0 Å². The zero-order valence-corrected chi connectivity index (χ0v) is 16.9. The Morgan fingerprint density at radius 2 is 1.48 bits per heavy atom. The lowest BCUT2D eigenvalue weighted by Crippen LogP contribution is -2.33. The van der Waals surface area contributed by atoms with Gasteiger partial charge in [0.15, 0.2) is 11.6 Å². The van der Waals surface area contributed by atoms with Gasteiger partial charge in [0.1, 0.15) is 0 Å². The van der Waals surface area contributed by atoms with E-state index in [1.54, 1.807) is 0 Å². The number of nitrogens with zero attached hydrogens (tertiary/aromatic N) is 1. The number of rotatable bonds is 14. The third kappa shape index (κ3) is 6.67. The molecule has 0 unspecified atom stereocenters. The number of carbonyl (C=O) groups is 1. The average molecular weight is 373 g/mol. The quantitative estimate of drug-likeness (QED) is 0.151. The standard InChI is InChI=1S/C23H36N2O2/c1-2-3-4-5-6-7-8-9-10-11-19-12-14-20(15-13-19)18-21(26)23(16-17-23)22(24)25-27/h12-15,27H,2-11,16-18H2,1H3,(H2,24,25). The van der Waals surface area contributed by atoms with E-state index in [0.29, 0.717) is 19.3 Å². The molecule has 0 spiro atoms. The van der Waals surface area contributed by atoms with Crippen LogP contribution in [0.15, 0.2) is 29.4 Å². The summed E-state index contributed by atoms with van der Waals surface area (Å²) in [5.74, 6) is 0.124. The van der Waals surface area contributed by atoms with Crippen molar-refractivity contribution in [2.24, 2.45) is 16.3 Å². The van der Waals surface area contributed by atoms with E-state index in [1.807, 2.05) is 12.1 Å². The number of hydrogen-bond acceptors (Lipinski definition) is 3. The summed E-state index contributed by atoms with van der Waals surface area (Å²) >= 11 is 0. The van der Waals surface area contributed by atoms with Gasteiger partial charge in [0.05, 0.1) is 5.41 Å². The number of benzene rings is 1. The number of amidine groups is 1. The summed E-state index contributed by atoms with van der Waals surface area (Å²) in [6.07, 6.45) is 15.0. The topological polar surface area (TPSA) is 75.7 Å². The molecule has 1 aromatic carbocycles. The molecule has 0 heterocycles. The minimum absolute atomic E-state index is 0.0597. The van der Waals surface area contributed by atoms with E-state index in [0.717, 1.165) is 12.0 Å². The molecule has 1 saturated carbocycles. The monoisotopic (exact) mass is 372 g/mol. The number of unbranched alkanes of at least 4 members (excludes halogenated alkanes) is 8. The molecule has 4 heteroatoms. The van der Waals surface area contributed by atoms with Gasteiger partial charge < -0.3 is 10.9 Å². The van der Waals surface area contributed by atoms with Crippen LogP contribution in [-0.2, 0) is 17.6 Å². The summed E-state index contributed by atoms with van der Waals surface area (Å²) < 4.78 is 0. The predicted octanol–water partition coefficient (Wildman–Crippen LogP) is 5.40. The maximum absolute atomic E-state index is 12.5. The summed E-state index contributed by atoms with van der Waals surface area (Å²) in [6.45, 7) is 2.26. The minimum Gasteiger partial charge on any atom is -0.409 e. The van der Waals surface area contributed by atoms with Crippen LogP contribution in [-0.4, -0.2) is 16.8 Å². The maximum atomic E-state index is 12.5. The van der Waals surface area contributed by atoms with Crippen LogP contribution in [0.1, 0.15) is 88.7 Å². The summed E-state index contributed by atoms with van der Waals surface area (Å²) in [4.78, 5) is 12.5. The highest BCUT2D eigenvalue weighted by atomic mass is 16.4. The normalized spacial score (nSPS) is 15.7. The zero-order chi connectivity index (χ0) is 19.5. The molecule has 1 aliphatic carbocycles. The molecule has 3 N–H and O–H groups in total. The van der Waals surface area contributed by atoms with Crippen LogP contribution in [0.2, 0.25) is 0 Å². The zero-order valence-electron chi connectivity index (χ0n) is 16.9. The molecule has 1 fully saturated rings. The van der Waals surface area contributed by atoms with Crippen LogP contribution in [0, 0.1) is 5.41 Å². The van der Waals surface area contributed by atoms with Crippen molar-refractivity contribution in [1.29, 1.82) is 0 Å². The molecule has 150 valence electrons. The molecular formula is C23H36N2O2. The lowest BCUT2D eigenvalue weighted by atomic mass is 9.93. The second-order valence-corrected chi connectivity index (χ2v) is 8.06. The molecule has 4 nitrogen and oxygen atoms in total. The Balaban J connectivity index is 1.63. The van der Waals surface area contributed by atoms with Gasteiger partial charge in [-0.3, -0.25) is 4.79 Å². The molecule has 0 saturated heterocycles. The lowest BCUT2D eigenvalue weighted by molar-refractivity contribution is -0.121. The SMILES string of the molecule is CCCCCCCCCCCc1ccc(CC(=O)C2(/C(N)=N/O)CC2)cc1. The molecular weight excluding hydrogens is 336 g/mol. The Morgan fingerprint density at radius 3 is 2.00 bits per heavy atom. The van der Waals surface area contributed by atoms with Gasteiger partial charge in [-0.1, -0.05) is 87.7 Å². The van der Waals surface area contributed by atoms with Crippen LogP contribution in [0.3, 0.4) is 0 Å². The van der Waals surface area contributed by atoms with Crippen LogP contribution in [0.25, 0.3) is 0 Å². The van der Waals surface area contributed by atoms with Crippen molar-refractivity contribution in [3.63, 3.8) is 0 Å². The highest BCUT2D eigenvalue weighted by Gasteiger charge is 2.53. The van der Waals surface area contributed by atoms with Gasteiger partial charge in [0.25, 0.3) is 0 Å². The number of carbonyl (C=O) groups excluding carboxylic acids is 1. The highest BCUT2D eigenvalue weighted by molar-refractivity contribution is 6.10. The summed E-state index contributed by atoms with van der Waals surface area (Å²) in [6, 6.07) is 8.36. The van der Waals surface area contributed by atoms with Gasteiger partial charge in [-0.25, -0.2) is 0 Å². The third-order valence-electron chi connectivity index (χ3n) is 5.84. The number of ketones is 1. The maximum Gasteiger partial charge on any atom is 0.152 e. The second-order valence-electron chi connectivity index (χ2n) is 8.06. The lowest BCUT2D eigenvalue weighted by Gasteiger charge is -2.12. The van der Waals surface area contributed by atoms with Crippen molar-refractivity contribution in [3.8, 4) is 0 Å². The Hall–Kier alpha value is -1.84. The molecule has 1 aliphatic rings. The Bertz CT molecular complexity index is 603. The van der Waals surface area contributed by atoms with Crippen molar-refractivity contribution >= 4 is 11.6 Å². The highest BCUT2D eigenvalue weighted by Crippen LogP contribution is 2.47. The van der Waals surface area contributed by atoms with E-state index in [-0.39, 0.29) is 11.6 Å². The van der Waals surface area contributed by atoms with Gasteiger partial charge in [-0.15, -0.1) is 0 Å². The minimum atomic E-state index is -0.704. The van der Waals surface area contributed by atoms with E-state index in [2.05, 4.69) is 24.2 Å². The molecule has 0 aromatic heterocycles. The summed E-state index contributed by atoms with van der Waals surface area (Å²) in [7, 11) is 0. The number of hydrogen-bond donors (Lipinski definition) is 2. The van der Waals surface area contributed by atoms with Crippen LogP contribution < -0.4 is 5.73 Å². The smallest absolute Gasteiger partial charge is 0.152 e. The number of aryl methyl sites for hydroxylation is 1. The first-order valence-electron chi connectivity index (χ1n) is 10.7. The van der Waals surface area contributed by atoms with Crippen LogP contribution in [0.5, 0.6) is 0 Å².